The highest BCUT2D eigenvalue weighted by atomic mass is 32.2. The van der Waals surface area contributed by atoms with Crippen molar-refractivity contribution in [2.24, 2.45) is 0 Å². The minimum absolute atomic E-state index is 0.346. The van der Waals surface area contributed by atoms with E-state index in [-0.39, 0.29) is 5.91 Å². The van der Waals surface area contributed by atoms with Crippen molar-refractivity contribution in [2.75, 3.05) is 19.7 Å². The molecule has 7 nitrogen and oxygen atoms in total. The first-order valence-corrected chi connectivity index (χ1v) is 8.49. The van der Waals surface area contributed by atoms with Gasteiger partial charge in [0.25, 0.3) is 0 Å². The minimum atomic E-state index is -1.28. The molecule has 1 aliphatic rings. The zero-order valence-electron chi connectivity index (χ0n) is 12.9. The number of nitrogens with zero attached hydrogens (tertiary/aromatic N) is 1. The summed E-state index contributed by atoms with van der Waals surface area (Å²) in [6.07, 6.45) is -3.44. The second-order valence-corrected chi connectivity index (χ2v) is 6.72. The van der Waals surface area contributed by atoms with Crippen molar-refractivity contribution in [1.29, 1.82) is 0 Å². The van der Waals surface area contributed by atoms with E-state index in [1.165, 1.54) is 18.7 Å². The van der Waals surface area contributed by atoms with Gasteiger partial charge < -0.3 is 30.3 Å². The molecule has 128 valence electrons. The molecule has 0 radical (unpaired) electrons. The molecule has 0 bridgehead atoms. The lowest BCUT2D eigenvalue weighted by Crippen LogP contribution is -2.63. The molecule has 1 fully saturated rings. The van der Waals surface area contributed by atoms with Crippen LogP contribution in [0.4, 0.5) is 0 Å². The van der Waals surface area contributed by atoms with Crippen molar-refractivity contribution in [3.05, 3.63) is 0 Å². The number of nitrogens with one attached hydrogen (secondary N) is 1. The van der Waals surface area contributed by atoms with Crippen molar-refractivity contribution in [1.82, 2.24) is 10.2 Å². The molecule has 1 rings (SSSR count). The first-order valence-electron chi connectivity index (χ1n) is 7.20. The molecule has 0 aromatic carbocycles. The van der Waals surface area contributed by atoms with Gasteiger partial charge in [-0.2, -0.15) is 0 Å². The molecule has 1 saturated heterocycles. The van der Waals surface area contributed by atoms with Gasteiger partial charge in [0, 0.05) is 20.0 Å². The van der Waals surface area contributed by atoms with Gasteiger partial charge in [0.15, 0.2) is 0 Å². The Kier molecular flexibility index (Phi) is 8.01. The van der Waals surface area contributed by atoms with Gasteiger partial charge in [-0.3, -0.25) is 4.79 Å². The second kappa shape index (κ2) is 8.99. The average Bonchev–Trinajstić information content (AvgIpc) is 2.47. The van der Waals surface area contributed by atoms with Gasteiger partial charge in [0.1, 0.15) is 28.1 Å². The maximum absolute atomic E-state index is 11.3. The zero-order chi connectivity index (χ0) is 16.9. The van der Waals surface area contributed by atoms with Gasteiger partial charge in [-0.05, 0) is 13.8 Å². The topological polar surface area (TPSA) is 102 Å². The van der Waals surface area contributed by atoms with Crippen molar-refractivity contribution >= 4 is 34.2 Å². The first-order chi connectivity index (χ1) is 10.3. The van der Waals surface area contributed by atoms with Crippen LogP contribution < -0.4 is 5.32 Å². The van der Waals surface area contributed by atoms with Crippen LogP contribution in [0.25, 0.3) is 0 Å². The van der Waals surface area contributed by atoms with E-state index in [0.29, 0.717) is 4.32 Å². The molecule has 0 aliphatic carbocycles. The van der Waals surface area contributed by atoms with Crippen molar-refractivity contribution in [3.8, 4) is 0 Å². The molecular formula is C13H24N2O5S2. The summed E-state index contributed by atoms with van der Waals surface area (Å²) in [4.78, 5) is 13.3. The van der Waals surface area contributed by atoms with Gasteiger partial charge in [0.05, 0.1) is 12.6 Å². The van der Waals surface area contributed by atoms with E-state index in [9.17, 15) is 20.1 Å². The fraction of sp³-hybridized carbons (Fsp3) is 0.846. The van der Waals surface area contributed by atoms with Crippen LogP contribution in [0.3, 0.4) is 0 Å². The van der Waals surface area contributed by atoms with Gasteiger partial charge in [-0.1, -0.05) is 24.0 Å². The van der Waals surface area contributed by atoms with E-state index < -0.39 is 36.4 Å². The van der Waals surface area contributed by atoms with Gasteiger partial charge in [0.2, 0.25) is 5.91 Å². The number of thioether (sulfide) groups is 1. The average molecular weight is 352 g/mol. The third-order valence-corrected chi connectivity index (χ3v) is 5.13. The number of aliphatic hydroxyl groups is 3. The number of ether oxygens (including phenoxy) is 1. The summed E-state index contributed by atoms with van der Waals surface area (Å²) < 4.78 is 6.19. The Morgan fingerprint density at radius 1 is 1.32 bits per heavy atom. The lowest BCUT2D eigenvalue weighted by atomic mass is 9.98. The maximum atomic E-state index is 11.3. The fourth-order valence-electron chi connectivity index (χ4n) is 2.23. The van der Waals surface area contributed by atoms with Crippen LogP contribution >= 0.6 is 24.0 Å². The molecule has 0 aromatic rings. The number of thiocarbonyl (C=S) groups is 1. The van der Waals surface area contributed by atoms with Crippen LogP contribution in [-0.2, 0) is 9.53 Å². The van der Waals surface area contributed by atoms with Crippen molar-refractivity contribution < 1.29 is 24.9 Å². The van der Waals surface area contributed by atoms with Gasteiger partial charge in [-0.15, -0.1) is 0 Å². The minimum Gasteiger partial charge on any atom is -0.394 e. The van der Waals surface area contributed by atoms with E-state index in [0.717, 1.165) is 13.1 Å². The summed E-state index contributed by atoms with van der Waals surface area (Å²) in [6, 6.07) is -0.811. The summed E-state index contributed by atoms with van der Waals surface area (Å²) in [6.45, 7) is 6.29. The monoisotopic (exact) mass is 352 g/mol. The molecule has 5 atom stereocenters. The summed E-state index contributed by atoms with van der Waals surface area (Å²) in [5, 5.41) is 32.0. The standard InChI is InChI=1S/C13H24N2O5S2/c1-4-15(5-2)13(21)22-12-9(14-7(3)17)11(19)10(18)8(6-16)20-12/h8-12,16,18-19H,4-6H2,1-3H3,(H,14,17)/t8-,9-,10-,11-,12?/m1/s1. The molecule has 0 aromatic heterocycles. The summed E-state index contributed by atoms with van der Waals surface area (Å²) in [5.41, 5.74) is -0.687. The van der Waals surface area contributed by atoms with Gasteiger partial charge >= 0.3 is 0 Å². The van der Waals surface area contributed by atoms with Crippen molar-refractivity contribution in [3.63, 3.8) is 0 Å². The molecule has 1 heterocycles. The molecule has 9 heteroatoms. The lowest BCUT2D eigenvalue weighted by molar-refractivity contribution is -0.173. The summed E-state index contributed by atoms with van der Waals surface area (Å²) in [7, 11) is 0. The predicted octanol–water partition coefficient (Wildman–Crippen LogP) is -0.710. The Labute approximate surface area is 140 Å². The van der Waals surface area contributed by atoms with E-state index in [1.807, 2.05) is 18.7 Å². The van der Waals surface area contributed by atoms with Crippen molar-refractivity contribution in [2.45, 2.75) is 50.6 Å². The third-order valence-electron chi connectivity index (χ3n) is 3.49. The van der Waals surface area contributed by atoms with Crippen LogP contribution in [-0.4, -0.2) is 79.9 Å². The van der Waals surface area contributed by atoms with E-state index >= 15 is 0 Å². The number of hydrogen-bond acceptors (Lipinski definition) is 7. The molecule has 22 heavy (non-hydrogen) atoms. The highest BCUT2D eigenvalue weighted by Gasteiger charge is 2.45. The molecule has 1 amide bonds. The van der Waals surface area contributed by atoms with Crippen LogP contribution in [0.15, 0.2) is 0 Å². The quantitative estimate of drug-likeness (QED) is 0.481. The number of aliphatic hydroxyl groups excluding tert-OH is 3. The second-order valence-electron chi connectivity index (χ2n) is 4.99. The number of hydrogen-bond donors (Lipinski definition) is 4. The Hall–Kier alpha value is -0.450. The number of carbonyl (C=O) groups is 1. The Morgan fingerprint density at radius 3 is 2.36 bits per heavy atom. The molecule has 0 saturated carbocycles. The van der Waals surface area contributed by atoms with E-state index in [2.05, 4.69) is 5.32 Å². The molecular weight excluding hydrogens is 328 g/mol. The predicted molar refractivity (Wildman–Crippen MR) is 88.5 cm³/mol. The summed E-state index contributed by atoms with van der Waals surface area (Å²) in [5.74, 6) is -0.346. The highest BCUT2D eigenvalue weighted by molar-refractivity contribution is 8.23. The highest BCUT2D eigenvalue weighted by Crippen LogP contribution is 2.30. The van der Waals surface area contributed by atoms with Crippen LogP contribution in [0.5, 0.6) is 0 Å². The number of rotatable bonds is 5. The van der Waals surface area contributed by atoms with Crippen LogP contribution in [0.1, 0.15) is 20.8 Å². The third kappa shape index (κ3) is 4.77. The Morgan fingerprint density at radius 2 is 1.91 bits per heavy atom. The smallest absolute Gasteiger partial charge is 0.217 e. The lowest BCUT2D eigenvalue weighted by Gasteiger charge is -2.42. The number of amides is 1. The normalized spacial score (nSPS) is 31.6. The molecule has 1 unspecified atom stereocenters. The van der Waals surface area contributed by atoms with Gasteiger partial charge in [-0.25, -0.2) is 0 Å². The fourth-order valence-corrected chi connectivity index (χ4v) is 3.95. The summed E-state index contributed by atoms with van der Waals surface area (Å²) >= 11 is 6.54. The Balaban J connectivity index is 2.89. The van der Waals surface area contributed by atoms with E-state index in [4.69, 9.17) is 17.0 Å². The number of carbonyl (C=O) groups excluding carboxylic acids is 1. The van der Waals surface area contributed by atoms with Crippen LogP contribution in [0.2, 0.25) is 0 Å². The SMILES string of the molecule is CCN(CC)C(=S)SC1O[C@H](CO)[C@@H](O)[C@H](O)[C@H]1NC(C)=O. The largest absolute Gasteiger partial charge is 0.394 e. The molecule has 4 N–H and O–H groups in total. The van der Waals surface area contributed by atoms with E-state index in [1.54, 1.807) is 0 Å². The first kappa shape index (κ1) is 19.6. The molecule has 0 spiro atoms. The zero-order valence-corrected chi connectivity index (χ0v) is 14.6. The Bertz CT molecular complexity index is 395. The maximum Gasteiger partial charge on any atom is 0.217 e. The van der Waals surface area contributed by atoms with Crippen LogP contribution in [0, 0.1) is 0 Å². The molecule has 1 aliphatic heterocycles.